The smallest absolute Gasteiger partial charge is 0.406 e. The number of hydrogen-bond acceptors (Lipinski definition) is 8. The number of benzene rings is 2. The molecule has 0 aliphatic carbocycles. The fourth-order valence-corrected chi connectivity index (χ4v) is 4.89. The molecule has 1 aliphatic rings. The van der Waals surface area contributed by atoms with Gasteiger partial charge in [-0.05, 0) is 43.7 Å². The number of halogens is 4. The monoisotopic (exact) mass is 617 g/mol. The van der Waals surface area contributed by atoms with E-state index in [4.69, 9.17) is 21.1 Å². The molecule has 10 nitrogen and oxygen atoms in total. The van der Waals surface area contributed by atoms with Crippen LogP contribution in [0.25, 0.3) is 22.2 Å². The van der Waals surface area contributed by atoms with Crippen LogP contribution in [-0.2, 0) is 20.8 Å². The van der Waals surface area contributed by atoms with Crippen LogP contribution < -0.4 is 20.9 Å². The van der Waals surface area contributed by atoms with Gasteiger partial charge in [0.25, 0.3) is 11.5 Å². The third kappa shape index (κ3) is 7.24. The summed E-state index contributed by atoms with van der Waals surface area (Å²) in [5.74, 6) is -0.591. The zero-order chi connectivity index (χ0) is 30.7. The fraction of sp³-hybridized carbons (Fsp3) is 0.310. The molecule has 2 atom stereocenters. The van der Waals surface area contributed by atoms with Gasteiger partial charge in [-0.2, -0.15) is 4.98 Å². The highest BCUT2D eigenvalue weighted by Crippen LogP contribution is 2.28. The van der Waals surface area contributed by atoms with E-state index in [1.54, 1.807) is 36.4 Å². The summed E-state index contributed by atoms with van der Waals surface area (Å²) in [4.78, 5) is 35.3. The van der Waals surface area contributed by atoms with E-state index in [9.17, 15) is 22.8 Å². The maximum absolute atomic E-state index is 13.9. The van der Waals surface area contributed by atoms with Crippen molar-refractivity contribution < 1.29 is 32.2 Å². The molecule has 2 aromatic heterocycles. The van der Waals surface area contributed by atoms with Gasteiger partial charge in [-0.15, -0.1) is 13.2 Å². The van der Waals surface area contributed by atoms with Gasteiger partial charge >= 0.3 is 6.36 Å². The summed E-state index contributed by atoms with van der Waals surface area (Å²) in [5, 5.41) is 6.65. The van der Waals surface area contributed by atoms with Crippen LogP contribution in [0.4, 0.5) is 19.1 Å². The third-order valence-electron chi connectivity index (χ3n) is 6.48. The number of pyridine rings is 1. The van der Waals surface area contributed by atoms with Crippen molar-refractivity contribution in [2.45, 2.75) is 45.0 Å². The number of rotatable bonds is 9. The van der Waals surface area contributed by atoms with E-state index in [0.29, 0.717) is 21.5 Å². The molecule has 14 heteroatoms. The lowest BCUT2D eigenvalue weighted by Crippen LogP contribution is -2.45. The van der Waals surface area contributed by atoms with Crippen LogP contribution in [0.15, 0.2) is 65.6 Å². The molecule has 4 aromatic rings. The summed E-state index contributed by atoms with van der Waals surface area (Å²) in [5.41, 5.74) is 0.861. The number of fused-ring (bicyclic) bond motifs is 1. The highest BCUT2D eigenvalue weighted by molar-refractivity contribution is 6.33. The van der Waals surface area contributed by atoms with Gasteiger partial charge in [0, 0.05) is 40.3 Å². The van der Waals surface area contributed by atoms with E-state index in [1.807, 2.05) is 13.8 Å². The normalized spacial score (nSPS) is 16.9. The summed E-state index contributed by atoms with van der Waals surface area (Å²) in [6, 6.07) is 13.7. The topological polar surface area (TPSA) is 117 Å². The van der Waals surface area contributed by atoms with Crippen LogP contribution in [0.2, 0.25) is 5.02 Å². The highest BCUT2D eigenvalue weighted by atomic mass is 35.5. The van der Waals surface area contributed by atoms with Gasteiger partial charge in [0.15, 0.2) is 6.10 Å². The maximum atomic E-state index is 13.9. The molecule has 43 heavy (non-hydrogen) atoms. The molecule has 1 saturated heterocycles. The van der Waals surface area contributed by atoms with E-state index in [0.717, 1.165) is 0 Å². The van der Waals surface area contributed by atoms with Crippen molar-refractivity contribution in [2.24, 2.45) is 0 Å². The quantitative estimate of drug-likeness (QED) is 0.277. The molecule has 2 aromatic carbocycles. The van der Waals surface area contributed by atoms with Gasteiger partial charge in [-0.25, -0.2) is 4.98 Å². The van der Waals surface area contributed by atoms with Crippen LogP contribution in [0, 0.1) is 0 Å². The van der Waals surface area contributed by atoms with Crippen LogP contribution in [-0.4, -0.2) is 58.4 Å². The van der Waals surface area contributed by atoms with E-state index in [2.05, 4.69) is 25.3 Å². The van der Waals surface area contributed by atoms with E-state index in [1.165, 1.54) is 29.0 Å². The van der Waals surface area contributed by atoms with E-state index < -0.39 is 29.9 Å². The van der Waals surface area contributed by atoms with Crippen LogP contribution in [0.3, 0.4) is 0 Å². The Morgan fingerprint density at radius 1 is 1.14 bits per heavy atom. The van der Waals surface area contributed by atoms with Crippen molar-refractivity contribution in [1.29, 1.82) is 0 Å². The molecule has 0 spiro atoms. The third-order valence-corrected chi connectivity index (χ3v) is 6.81. The number of amides is 1. The first-order valence-corrected chi connectivity index (χ1v) is 13.6. The molecule has 2 N–H and O–H groups in total. The summed E-state index contributed by atoms with van der Waals surface area (Å²) < 4.78 is 55.0. The van der Waals surface area contributed by atoms with Crippen molar-refractivity contribution in [1.82, 2.24) is 19.9 Å². The first-order chi connectivity index (χ1) is 20.5. The van der Waals surface area contributed by atoms with E-state index in [-0.39, 0.29) is 49.0 Å². The Kier molecular flexibility index (Phi) is 8.85. The minimum Gasteiger partial charge on any atom is -0.406 e. The number of alkyl halides is 3. The largest absolute Gasteiger partial charge is 0.573 e. The van der Waals surface area contributed by atoms with Crippen LogP contribution >= 0.6 is 11.6 Å². The molecular formula is C29H27ClF3N5O5. The zero-order valence-corrected chi connectivity index (χ0v) is 23.8. The molecule has 1 aliphatic heterocycles. The number of nitrogens with zero attached hydrogens (tertiary/aromatic N) is 3. The molecular weight excluding hydrogens is 591 g/mol. The Morgan fingerprint density at radius 3 is 2.67 bits per heavy atom. The standard InChI is InChI=1S/C29H27ClF3N5O5/c1-16(2)36-26(39)24-23(41-15-42-24)13-35-28-34-12-18-11-21(20-8-3-4-9-22(20)30)27(40)38(25(18)37-28)14-17-6-5-7-19(10-17)43-29(31,32)33/h3-12,16,23-24H,13-15H2,1-2H3,(H,36,39)(H,34,35,37)/t23-,24+/m0/s1. The van der Waals surface area contributed by atoms with Gasteiger partial charge in [0.05, 0.1) is 6.54 Å². The number of anilines is 1. The number of hydrogen-bond donors (Lipinski definition) is 2. The molecule has 226 valence electrons. The molecule has 5 rings (SSSR count). The fourth-order valence-electron chi connectivity index (χ4n) is 4.65. The number of aromatic nitrogens is 3. The number of carbonyl (C=O) groups excluding carboxylic acids is 1. The summed E-state index contributed by atoms with van der Waals surface area (Å²) >= 11 is 6.40. The van der Waals surface area contributed by atoms with E-state index >= 15 is 0 Å². The molecule has 1 fully saturated rings. The van der Waals surface area contributed by atoms with Gasteiger partial charge in [0.1, 0.15) is 24.3 Å². The lowest BCUT2D eigenvalue weighted by atomic mass is 10.1. The molecule has 0 radical (unpaired) electrons. The summed E-state index contributed by atoms with van der Waals surface area (Å²) in [6.07, 6.45) is -4.82. The lowest BCUT2D eigenvalue weighted by molar-refractivity contribution is -0.274. The predicted molar refractivity (Wildman–Crippen MR) is 153 cm³/mol. The van der Waals surface area contributed by atoms with Gasteiger partial charge < -0.3 is 24.8 Å². The van der Waals surface area contributed by atoms with Gasteiger partial charge in [-0.3, -0.25) is 14.2 Å². The molecule has 0 bridgehead atoms. The first kappa shape index (κ1) is 30.3. The molecule has 0 unspecified atom stereocenters. The molecule has 0 saturated carbocycles. The van der Waals surface area contributed by atoms with Crippen LogP contribution in [0.1, 0.15) is 19.4 Å². The van der Waals surface area contributed by atoms with Crippen molar-refractivity contribution >= 4 is 34.5 Å². The maximum Gasteiger partial charge on any atom is 0.573 e. The molecule has 1 amide bonds. The number of ether oxygens (including phenoxy) is 3. The predicted octanol–water partition coefficient (Wildman–Crippen LogP) is 4.74. The van der Waals surface area contributed by atoms with Crippen molar-refractivity contribution in [3.05, 3.63) is 81.7 Å². The Morgan fingerprint density at radius 2 is 1.93 bits per heavy atom. The van der Waals surface area contributed by atoms with Gasteiger partial charge in [-0.1, -0.05) is 41.9 Å². The van der Waals surface area contributed by atoms with Crippen molar-refractivity contribution in [3.63, 3.8) is 0 Å². The lowest BCUT2D eigenvalue weighted by Gasteiger charge is -2.19. The highest BCUT2D eigenvalue weighted by Gasteiger charge is 2.35. The van der Waals surface area contributed by atoms with Crippen molar-refractivity contribution in [2.75, 3.05) is 18.7 Å². The Bertz CT molecular complexity index is 1700. The SMILES string of the molecule is CC(C)NC(=O)[C@@H]1OCO[C@H]1CNc1ncc2cc(-c3ccccc3Cl)c(=O)n(Cc3cccc(OC(F)(F)F)c3)c2n1. The second kappa shape index (κ2) is 12.6. The Hall–Kier alpha value is -4.20. The Balaban J connectivity index is 1.51. The second-order valence-electron chi connectivity index (χ2n) is 10.1. The summed E-state index contributed by atoms with van der Waals surface area (Å²) in [6.45, 7) is 3.61. The summed E-state index contributed by atoms with van der Waals surface area (Å²) in [7, 11) is 0. The van der Waals surface area contributed by atoms with Crippen molar-refractivity contribution in [3.8, 4) is 16.9 Å². The van der Waals surface area contributed by atoms with Crippen LogP contribution in [0.5, 0.6) is 5.75 Å². The molecule has 3 heterocycles. The number of nitrogens with one attached hydrogen (secondary N) is 2. The first-order valence-electron chi connectivity index (χ1n) is 13.3. The Labute approximate surface area is 248 Å². The zero-order valence-electron chi connectivity index (χ0n) is 23.0. The average molecular weight is 618 g/mol. The average Bonchev–Trinajstić information content (AvgIpc) is 3.42. The second-order valence-corrected chi connectivity index (χ2v) is 10.5. The minimum atomic E-state index is -4.87. The minimum absolute atomic E-state index is 0.0530. The number of carbonyl (C=O) groups is 1. The van der Waals surface area contributed by atoms with Gasteiger partial charge in [0.2, 0.25) is 5.95 Å².